The van der Waals surface area contributed by atoms with Gasteiger partial charge in [0.2, 0.25) is 11.0 Å². The number of hydrogen-bond acceptors (Lipinski definition) is 5. The van der Waals surface area contributed by atoms with Gasteiger partial charge in [-0.3, -0.25) is 10.1 Å². The van der Waals surface area contributed by atoms with Gasteiger partial charge in [0, 0.05) is 0 Å². The zero-order chi connectivity index (χ0) is 9.84. The number of likely N-dealkylation sites (N-methyl/N-ethyl adjacent to an activating group) is 1. The Balaban J connectivity index is 0.00000169. The Kier molecular flexibility index (Phi) is 5.59. The molecule has 14 heavy (non-hydrogen) atoms. The molecule has 0 saturated carbocycles. The number of aromatic nitrogens is 2. The van der Waals surface area contributed by atoms with E-state index in [9.17, 15) is 4.79 Å². The van der Waals surface area contributed by atoms with E-state index in [-0.39, 0.29) is 18.3 Å². The van der Waals surface area contributed by atoms with Crippen molar-refractivity contribution in [3.63, 3.8) is 0 Å². The fourth-order valence-electron chi connectivity index (χ4n) is 0.793. The molecule has 0 atom stereocenters. The summed E-state index contributed by atoms with van der Waals surface area (Å²) in [4.78, 5) is 13.0. The van der Waals surface area contributed by atoms with Crippen LogP contribution in [-0.2, 0) is 4.79 Å². The van der Waals surface area contributed by atoms with Crippen LogP contribution >= 0.6 is 23.7 Å². The summed E-state index contributed by atoms with van der Waals surface area (Å²) < 4.78 is 0. The predicted octanol–water partition coefficient (Wildman–Crippen LogP) is 0.768. The van der Waals surface area contributed by atoms with Crippen molar-refractivity contribution in [2.75, 3.05) is 26.0 Å². The summed E-state index contributed by atoms with van der Waals surface area (Å²) in [6.45, 7) is 2.21. The van der Waals surface area contributed by atoms with Crippen molar-refractivity contribution < 1.29 is 4.79 Å². The number of anilines is 1. The van der Waals surface area contributed by atoms with Gasteiger partial charge in [-0.2, -0.15) is 0 Å². The molecular formula is C7H13ClN4OS. The van der Waals surface area contributed by atoms with Crippen molar-refractivity contribution in [3.05, 3.63) is 5.01 Å². The van der Waals surface area contributed by atoms with Crippen molar-refractivity contribution in [1.82, 2.24) is 15.1 Å². The predicted molar refractivity (Wildman–Crippen MR) is 59.1 cm³/mol. The second-order valence-electron chi connectivity index (χ2n) is 2.91. The Morgan fingerprint density at radius 3 is 2.57 bits per heavy atom. The summed E-state index contributed by atoms with van der Waals surface area (Å²) in [5.41, 5.74) is 0. The maximum absolute atomic E-state index is 11.2. The molecular weight excluding hydrogens is 224 g/mol. The van der Waals surface area contributed by atoms with E-state index >= 15 is 0 Å². The summed E-state index contributed by atoms with van der Waals surface area (Å²) in [7, 11) is 3.68. The van der Waals surface area contributed by atoms with Crippen LogP contribution in [0.1, 0.15) is 5.01 Å². The molecule has 1 amide bonds. The number of carbonyl (C=O) groups is 1. The largest absolute Gasteiger partial charge is 0.301 e. The molecule has 7 heteroatoms. The quantitative estimate of drug-likeness (QED) is 0.842. The van der Waals surface area contributed by atoms with Crippen molar-refractivity contribution >= 4 is 34.8 Å². The van der Waals surface area contributed by atoms with E-state index in [2.05, 4.69) is 15.5 Å². The molecule has 1 aromatic rings. The van der Waals surface area contributed by atoms with Gasteiger partial charge in [-0.05, 0) is 21.0 Å². The van der Waals surface area contributed by atoms with Crippen molar-refractivity contribution in [1.29, 1.82) is 0 Å². The monoisotopic (exact) mass is 236 g/mol. The average molecular weight is 237 g/mol. The van der Waals surface area contributed by atoms with Gasteiger partial charge in [0.15, 0.2) is 0 Å². The first-order valence-corrected chi connectivity index (χ1v) is 4.64. The minimum Gasteiger partial charge on any atom is -0.301 e. The summed E-state index contributed by atoms with van der Waals surface area (Å²) in [5, 5.41) is 11.6. The number of amides is 1. The van der Waals surface area contributed by atoms with E-state index in [1.165, 1.54) is 11.3 Å². The number of aryl methyl sites for hydroxylation is 1. The third-order valence-electron chi connectivity index (χ3n) is 1.23. The van der Waals surface area contributed by atoms with E-state index < -0.39 is 0 Å². The van der Waals surface area contributed by atoms with Gasteiger partial charge < -0.3 is 4.90 Å². The lowest BCUT2D eigenvalue weighted by Crippen LogP contribution is -2.26. The lowest BCUT2D eigenvalue weighted by Gasteiger charge is -2.07. The Hall–Kier alpha value is -0.720. The topological polar surface area (TPSA) is 58.1 Å². The van der Waals surface area contributed by atoms with Crippen LogP contribution < -0.4 is 5.32 Å². The van der Waals surface area contributed by atoms with Gasteiger partial charge in [0.25, 0.3) is 0 Å². The molecule has 0 radical (unpaired) electrons. The van der Waals surface area contributed by atoms with Gasteiger partial charge >= 0.3 is 0 Å². The van der Waals surface area contributed by atoms with Crippen molar-refractivity contribution in [2.45, 2.75) is 6.92 Å². The Morgan fingerprint density at radius 1 is 1.50 bits per heavy atom. The Bertz CT molecular complexity index is 302. The third kappa shape index (κ3) is 4.50. The highest BCUT2D eigenvalue weighted by molar-refractivity contribution is 7.15. The first-order chi connectivity index (χ1) is 6.08. The molecule has 0 spiro atoms. The number of carbonyl (C=O) groups excluding carboxylic acids is 1. The fraction of sp³-hybridized carbons (Fsp3) is 0.571. The molecule has 1 heterocycles. The van der Waals surface area contributed by atoms with E-state index in [1.807, 2.05) is 21.0 Å². The van der Waals surface area contributed by atoms with E-state index in [0.29, 0.717) is 11.7 Å². The molecule has 0 fully saturated rings. The lowest BCUT2D eigenvalue weighted by atomic mass is 10.5. The van der Waals surface area contributed by atoms with Gasteiger partial charge in [0.05, 0.1) is 6.54 Å². The second kappa shape index (κ2) is 5.90. The molecule has 0 aromatic carbocycles. The highest BCUT2D eigenvalue weighted by Gasteiger charge is 2.06. The fourth-order valence-corrected chi connectivity index (χ4v) is 1.40. The molecule has 80 valence electrons. The van der Waals surface area contributed by atoms with Gasteiger partial charge in [-0.25, -0.2) is 0 Å². The number of hydrogen-bond donors (Lipinski definition) is 1. The average Bonchev–Trinajstić information content (AvgIpc) is 2.33. The van der Waals surface area contributed by atoms with E-state index in [0.717, 1.165) is 5.01 Å². The van der Waals surface area contributed by atoms with Crippen LogP contribution in [0.15, 0.2) is 0 Å². The van der Waals surface area contributed by atoms with Gasteiger partial charge in [-0.1, -0.05) is 11.3 Å². The van der Waals surface area contributed by atoms with Crippen LogP contribution in [0.3, 0.4) is 0 Å². The molecule has 0 saturated heterocycles. The SMILES string of the molecule is Cc1nnc(NC(=O)CN(C)C)s1.Cl. The first kappa shape index (κ1) is 13.3. The molecule has 1 N–H and O–H groups in total. The maximum Gasteiger partial charge on any atom is 0.240 e. The maximum atomic E-state index is 11.2. The molecule has 5 nitrogen and oxygen atoms in total. The van der Waals surface area contributed by atoms with Crippen LogP contribution in [0.25, 0.3) is 0 Å². The Labute approximate surface area is 92.9 Å². The summed E-state index contributed by atoms with van der Waals surface area (Å²) in [5.74, 6) is -0.0684. The van der Waals surface area contributed by atoms with Crippen LogP contribution in [0.4, 0.5) is 5.13 Å². The van der Waals surface area contributed by atoms with E-state index in [1.54, 1.807) is 4.90 Å². The number of nitrogens with one attached hydrogen (secondary N) is 1. The second-order valence-corrected chi connectivity index (χ2v) is 4.09. The standard InChI is InChI=1S/C7H12N4OS.ClH/c1-5-9-10-7(13-5)8-6(12)4-11(2)3;/h4H2,1-3H3,(H,8,10,12);1H. The van der Waals surface area contributed by atoms with Crippen molar-refractivity contribution in [3.8, 4) is 0 Å². The Morgan fingerprint density at radius 2 is 2.14 bits per heavy atom. The molecule has 1 rings (SSSR count). The lowest BCUT2D eigenvalue weighted by molar-refractivity contribution is -0.116. The van der Waals surface area contributed by atoms with Gasteiger partial charge in [0.1, 0.15) is 5.01 Å². The highest BCUT2D eigenvalue weighted by Crippen LogP contribution is 2.12. The summed E-state index contributed by atoms with van der Waals surface area (Å²) in [6.07, 6.45) is 0. The minimum atomic E-state index is -0.0684. The molecule has 1 aromatic heterocycles. The highest BCUT2D eigenvalue weighted by atomic mass is 35.5. The van der Waals surface area contributed by atoms with Crippen LogP contribution in [-0.4, -0.2) is 41.6 Å². The number of rotatable bonds is 3. The number of halogens is 1. The summed E-state index contributed by atoms with van der Waals surface area (Å²) in [6, 6.07) is 0. The first-order valence-electron chi connectivity index (χ1n) is 3.82. The van der Waals surface area contributed by atoms with E-state index in [4.69, 9.17) is 0 Å². The smallest absolute Gasteiger partial charge is 0.240 e. The third-order valence-corrected chi connectivity index (χ3v) is 1.99. The molecule has 0 aliphatic heterocycles. The zero-order valence-electron chi connectivity index (χ0n) is 8.27. The molecule has 0 bridgehead atoms. The molecule has 0 aliphatic carbocycles. The zero-order valence-corrected chi connectivity index (χ0v) is 9.91. The summed E-state index contributed by atoms with van der Waals surface area (Å²) >= 11 is 1.37. The van der Waals surface area contributed by atoms with Gasteiger partial charge in [-0.15, -0.1) is 22.6 Å². The van der Waals surface area contributed by atoms with Crippen LogP contribution in [0.5, 0.6) is 0 Å². The minimum absolute atomic E-state index is 0. The van der Waals surface area contributed by atoms with Crippen LogP contribution in [0, 0.1) is 6.92 Å². The normalized spacial score (nSPS) is 9.71. The van der Waals surface area contributed by atoms with Crippen LogP contribution in [0.2, 0.25) is 0 Å². The van der Waals surface area contributed by atoms with Crippen molar-refractivity contribution in [2.24, 2.45) is 0 Å². The number of nitrogens with zero attached hydrogens (tertiary/aromatic N) is 3. The molecule has 0 aliphatic rings. The molecule has 0 unspecified atom stereocenters.